The summed E-state index contributed by atoms with van der Waals surface area (Å²) in [7, 11) is 0. The van der Waals surface area contributed by atoms with Crippen molar-refractivity contribution in [2.45, 2.75) is 25.3 Å². The van der Waals surface area contributed by atoms with Crippen LogP contribution in [-0.4, -0.2) is 26.4 Å². The lowest BCUT2D eigenvalue weighted by Gasteiger charge is -2.28. The fourth-order valence-electron chi connectivity index (χ4n) is 2.73. The highest BCUT2D eigenvalue weighted by atomic mass is 16.5. The molecule has 0 spiro atoms. The molecule has 4 heteroatoms. The third-order valence-electron chi connectivity index (χ3n) is 3.93. The fourth-order valence-corrected chi connectivity index (χ4v) is 2.73. The maximum absolute atomic E-state index is 6.39. The number of benzene rings is 1. The Morgan fingerprint density at radius 2 is 1.74 bits per heavy atom. The number of nitrogens with two attached hydrogens (primary N) is 1. The van der Waals surface area contributed by atoms with Crippen molar-refractivity contribution in [1.29, 1.82) is 0 Å². The van der Waals surface area contributed by atoms with E-state index in [-0.39, 0.29) is 6.04 Å². The van der Waals surface area contributed by atoms with Crippen molar-refractivity contribution in [2.75, 3.05) is 26.4 Å². The molecule has 4 nitrogen and oxygen atoms in total. The second-order valence-corrected chi connectivity index (χ2v) is 5.23. The Labute approximate surface area is 113 Å². The lowest BCUT2D eigenvalue weighted by molar-refractivity contribution is 0.0583. The van der Waals surface area contributed by atoms with Gasteiger partial charge in [0.2, 0.25) is 0 Å². The van der Waals surface area contributed by atoms with Gasteiger partial charge in [-0.2, -0.15) is 0 Å². The van der Waals surface area contributed by atoms with Crippen LogP contribution in [0.15, 0.2) is 18.2 Å². The van der Waals surface area contributed by atoms with Gasteiger partial charge in [0, 0.05) is 25.7 Å². The highest BCUT2D eigenvalue weighted by Gasteiger charge is 2.23. The number of ether oxygens (including phenoxy) is 3. The SMILES string of the molecule is NC(c1ccc2c(c1)OCCCO2)C1CCOCC1. The molecule has 0 radical (unpaired) electrons. The quantitative estimate of drug-likeness (QED) is 0.889. The Balaban J connectivity index is 1.78. The molecule has 104 valence electrons. The summed E-state index contributed by atoms with van der Waals surface area (Å²) in [5.74, 6) is 2.16. The van der Waals surface area contributed by atoms with E-state index in [9.17, 15) is 0 Å². The molecule has 0 saturated carbocycles. The van der Waals surface area contributed by atoms with Gasteiger partial charge in [-0.3, -0.25) is 0 Å². The van der Waals surface area contributed by atoms with Crippen molar-refractivity contribution in [3.8, 4) is 11.5 Å². The van der Waals surface area contributed by atoms with Gasteiger partial charge in [-0.1, -0.05) is 6.07 Å². The molecule has 1 atom stereocenters. The van der Waals surface area contributed by atoms with Gasteiger partial charge in [0.15, 0.2) is 11.5 Å². The summed E-state index contributed by atoms with van der Waals surface area (Å²) in [4.78, 5) is 0. The minimum Gasteiger partial charge on any atom is -0.490 e. The van der Waals surface area contributed by atoms with Crippen LogP contribution >= 0.6 is 0 Å². The largest absolute Gasteiger partial charge is 0.490 e. The van der Waals surface area contributed by atoms with Gasteiger partial charge in [-0.15, -0.1) is 0 Å². The Bertz CT molecular complexity index is 429. The molecule has 1 saturated heterocycles. The maximum Gasteiger partial charge on any atom is 0.161 e. The van der Waals surface area contributed by atoms with E-state index in [0.717, 1.165) is 56.1 Å². The van der Waals surface area contributed by atoms with Crippen molar-refractivity contribution in [2.24, 2.45) is 11.7 Å². The number of hydrogen-bond acceptors (Lipinski definition) is 4. The molecule has 3 rings (SSSR count). The van der Waals surface area contributed by atoms with Crippen LogP contribution < -0.4 is 15.2 Å². The van der Waals surface area contributed by atoms with Crippen molar-refractivity contribution < 1.29 is 14.2 Å². The Kier molecular flexibility index (Phi) is 3.89. The minimum atomic E-state index is 0.0565. The second kappa shape index (κ2) is 5.80. The molecule has 0 aliphatic carbocycles. The summed E-state index contributed by atoms with van der Waals surface area (Å²) >= 11 is 0. The zero-order valence-corrected chi connectivity index (χ0v) is 11.1. The number of fused-ring (bicyclic) bond motifs is 1. The van der Waals surface area contributed by atoms with Crippen molar-refractivity contribution in [1.82, 2.24) is 0 Å². The number of rotatable bonds is 2. The summed E-state index contributed by atoms with van der Waals surface area (Å²) in [5, 5.41) is 0. The Morgan fingerprint density at radius 3 is 2.53 bits per heavy atom. The molecule has 2 heterocycles. The lowest BCUT2D eigenvalue weighted by atomic mass is 9.88. The molecule has 1 aromatic rings. The molecule has 2 aliphatic rings. The molecular weight excluding hydrogens is 242 g/mol. The van der Waals surface area contributed by atoms with Crippen LogP contribution in [0.25, 0.3) is 0 Å². The smallest absolute Gasteiger partial charge is 0.161 e. The monoisotopic (exact) mass is 263 g/mol. The summed E-state index contributed by atoms with van der Waals surface area (Å²) < 4.78 is 16.8. The third-order valence-corrected chi connectivity index (χ3v) is 3.93. The molecule has 0 aromatic heterocycles. The third kappa shape index (κ3) is 2.85. The van der Waals surface area contributed by atoms with Crippen LogP contribution in [-0.2, 0) is 4.74 Å². The van der Waals surface area contributed by atoms with Crippen molar-refractivity contribution >= 4 is 0 Å². The maximum atomic E-state index is 6.39. The molecule has 2 N–H and O–H groups in total. The molecule has 0 amide bonds. The normalized spacial score (nSPS) is 21.7. The molecule has 1 fully saturated rings. The average Bonchev–Trinajstić information content (AvgIpc) is 2.72. The van der Waals surface area contributed by atoms with Gasteiger partial charge in [0.1, 0.15) is 0 Å². The van der Waals surface area contributed by atoms with E-state index in [1.807, 2.05) is 12.1 Å². The molecule has 2 aliphatic heterocycles. The van der Waals surface area contributed by atoms with E-state index in [0.29, 0.717) is 12.5 Å². The second-order valence-electron chi connectivity index (χ2n) is 5.23. The topological polar surface area (TPSA) is 53.7 Å². The Morgan fingerprint density at radius 1 is 1.00 bits per heavy atom. The first kappa shape index (κ1) is 12.8. The average molecular weight is 263 g/mol. The minimum absolute atomic E-state index is 0.0565. The molecule has 1 aromatic carbocycles. The fraction of sp³-hybridized carbons (Fsp3) is 0.600. The van der Waals surface area contributed by atoms with E-state index in [4.69, 9.17) is 19.9 Å². The van der Waals surface area contributed by atoms with Gasteiger partial charge in [0.05, 0.1) is 13.2 Å². The van der Waals surface area contributed by atoms with Crippen LogP contribution in [0.4, 0.5) is 0 Å². The van der Waals surface area contributed by atoms with Gasteiger partial charge in [0.25, 0.3) is 0 Å². The molecule has 1 unspecified atom stereocenters. The zero-order chi connectivity index (χ0) is 13.1. The van der Waals surface area contributed by atoms with E-state index in [2.05, 4.69) is 6.07 Å². The van der Waals surface area contributed by atoms with Gasteiger partial charge >= 0.3 is 0 Å². The predicted octanol–water partition coefficient (Wildman–Crippen LogP) is 2.27. The first-order valence-corrected chi connectivity index (χ1v) is 7.07. The molecular formula is C15H21NO3. The standard InChI is InChI=1S/C15H21NO3/c16-15(11-4-8-17-9-5-11)12-2-3-13-14(10-12)19-7-1-6-18-13/h2-3,10-11,15H,1,4-9,16H2. The zero-order valence-electron chi connectivity index (χ0n) is 11.1. The summed E-state index contributed by atoms with van der Waals surface area (Å²) in [6.45, 7) is 3.08. The highest BCUT2D eigenvalue weighted by Crippen LogP contribution is 2.35. The van der Waals surface area contributed by atoms with Gasteiger partial charge in [-0.25, -0.2) is 0 Å². The molecule has 19 heavy (non-hydrogen) atoms. The van der Waals surface area contributed by atoms with Crippen molar-refractivity contribution in [3.63, 3.8) is 0 Å². The first-order chi connectivity index (χ1) is 9.34. The van der Waals surface area contributed by atoms with Crippen molar-refractivity contribution in [3.05, 3.63) is 23.8 Å². The lowest BCUT2D eigenvalue weighted by Crippen LogP contribution is -2.27. The van der Waals surface area contributed by atoms with Crippen LogP contribution in [0, 0.1) is 5.92 Å². The van der Waals surface area contributed by atoms with E-state index in [1.54, 1.807) is 0 Å². The highest BCUT2D eigenvalue weighted by molar-refractivity contribution is 5.44. The van der Waals surface area contributed by atoms with Crippen LogP contribution in [0.5, 0.6) is 11.5 Å². The van der Waals surface area contributed by atoms with Gasteiger partial charge < -0.3 is 19.9 Å². The summed E-state index contributed by atoms with van der Waals surface area (Å²) in [6, 6.07) is 6.14. The molecule has 0 bridgehead atoms. The van der Waals surface area contributed by atoms with E-state index >= 15 is 0 Å². The predicted molar refractivity (Wildman–Crippen MR) is 72.5 cm³/mol. The van der Waals surface area contributed by atoms with Crippen LogP contribution in [0.1, 0.15) is 30.9 Å². The first-order valence-electron chi connectivity index (χ1n) is 7.07. The van der Waals surface area contributed by atoms with E-state index < -0.39 is 0 Å². The van der Waals surface area contributed by atoms with Crippen LogP contribution in [0.2, 0.25) is 0 Å². The van der Waals surface area contributed by atoms with Gasteiger partial charge in [-0.05, 0) is 36.5 Å². The van der Waals surface area contributed by atoms with E-state index in [1.165, 1.54) is 0 Å². The Hall–Kier alpha value is -1.26. The van der Waals surface area contributed by atoms with Crippen LogP contribution in [0.3, 0.4) is 0 Å². The number of hydrogen-bond donors (Lipinski definition) is 1. The summed E-state index contributed by atoms with van der Waals surface area (Å²) in [5.41, 5.74) is 7.53. The summed E-state index contributed by atoms with van der Waals surface area (Å²) in [6.07, 6.45) is 3.00.